The van der Waals surface area contributed by atoms with Crippen LogP contribution in [0.2, 0.25) is 0 Å². The van der Waals surface area contributed by atoms with E-state index in [0.717, 1.165) is 0 Å². The van der Waals surface area contributed by atoms with Crippen molar-refractivity contribution in [3.63, 3.8) is 0 Å². The van der Waals surface area contributed by atoms with Crippen LogP contribution in [-0.4, -0.2) is 64.0 Å². The molecule has 7 atom stereocenters. The second-order valence-electron chi connectivity index (χ2n) is 13.8. The standard InChI is InChI=1S/C34H60N6O5/c1-11-23(10)30(33(44)37-18-24-14-12-13-15-36-24)40-31(42)25(20(4)5)17-27(41)26(16-19(2)3)38-34(45)29(22(8)9)39-32(43)28(35)21(6)7/h12-15,19-23,25-30,41H,11,16-18,35H2,1-10H3,(H,37,44)(H,38,45)(H,39,43)(H,40,42)/t23-,25-,26-,27-,28-,29-,30-/m0/s1. The lowest BCUT2D eigenvalue weighted by atomic mass is 9.84. The van der Waals surface area contributed by atoms with Crippen LogP contribution in [0, 0.1) is 35.5 Å². The number of nitrogens with zero attached hydrogens (tertiary/aromatic N) is 1. The molecule has 1 aromatic rings. The molecule has 0 saturated carbocycles. The zero-order valence-corrected chi connectivity index (χ0v) is 29.1. The van der Waals surface area contributed by atoms with E-state index < -0.39 is 48.0 Å². The SMILES string of the molecule is CC[C@H](C)[C@H](NC(=O)[C@@H](C[C@H](O)[C@H](CC(C)C)NC(=O)[C@@H](NC(=O)[C@@H](N)C(C)C)C(C)C)C(C)C)C(=O)NCc1ccccn1. The highest BCUT2D eigenvalue weighted by Gasteiger charge is 2.35. The number of rotatable bonds is 19. The van der Waals surface area contributed by atoms with Crippen LogP contribution in [-0.2, 0) is 25.7 Å². The lowest BCUT2D eigenvalue weighted by molar-refractivity contribution is -0.134. The first-order valence-corrected chi connectivity index (χ1v) is 16.5. The van der Waals surface area contributed by atoms with Crippen LogP contribution in [0.3, 0.4) is 0 Å². The van der Waals surface area contributed by atoms with Gasteiger partial charge in [-0.2, -0.15) is 0 Å². The van der Waals surface area contributed by atoms with Gasteiger partial charge in [-0.3, -0.25) is 24.2 Å². The summed E-state index contributed by atoms with van der Waals surface area (Å²) in [5.41, 5.74) is 6.72. The molecule has 1 rings (SSSR count). The number of pyridine rings is 1. The number of aliphatic hydroxyl groups is 1. The number of carbonyl (C=O) groups is 4. The smallest absolute Gasteiger partial charge is 0.243 e. The van der Waals surface area contributed by atoms with E-state index in [9.17, 15) is 24.3 Å². The van der Waals surface area contributed by atoms with E-state index in [0.29, 0.717) is 18.5 Å². The summed E-state index contributed by atoms with van der Waals surface area (Å²) >= 11 is 0. The van der Waals surface area contributed by atoms with Gasteiger partial charge in [0.1, 0.15) is 12.1 Å². The molecule has 0 fully saturated rings. The van der Waals surface area contributed by atoms with Crippen molar-refractivity contribution >= 4 is 23.6 Å². The van der Waals surface area contributed by atoms with Crippen molar-refractivity contribution in [2.24, 2.45) is 41.2 Å². The molecule has 0 aliphatic rings. The maximum Gasteiger partial charge on any atom is 0.243 e. The van der Waals surface area contributed by atoms with Gasteiger partial charge in [0.2, 0.25) is 23.6 Å². The molecule has 0 aliphatic heterocycles. The molecule has 11 heteroatoms. The first kappa shape index (κ1) is 40.0. The summed E-state index contributed by atoms with van der Waals surface area (Å²) in [6.45, 7) is 19.2. The van der Waals surface area contributed by atoms with E-state index in [1.54, 1.807) is 12.3 Å². The fourth-order valence-electron chi connectivity index (χ4n) is 5.04. The maximum atomic E-state index is 13.7. The molecular formula is C34H60N6O5. The maximum absolute atomic E-state index is 13.7. The number of hydrogen-bond acceptors (Lipinski definition) is 7. The Morgan fingerprint density at radius 1 is 0.778 bits per heavy atom. The molecule has 0 aromatic carbocycles. The Morgan fingerprint density at radius 2 is 1.40 bits per heavy atom. The molecule has 0 saturated heterocycles. The third-order valence-corrected chi connectivity index (χ3v) is 8.39. The van der Waals surface area contributed by atoms with Gasteiger partial charge >= 0.3 is 0 Å². The minimum absolute atomic E-state index is 0.0842. The number of hydrogen-bond donors (Lipinski definition) is 6. The van der Waals surface area contributed by atoms with Crippen LogP contribution in [0.15, 0.2) is 24.4 Å². The van der Waals surface area contributed by atoms with Crippen molar-refractivity contribution in [1.29, 1.82) is 0 Å². The molecule has 11 nitrogen and oxygen atoms in total. The molecule has 0 radical (unpaired) electrons. The molecular weight excluding hydrogens is 572 g/mol. The molecule has 0 spiro atoms. The fraction of sp³-hybridized carbons (Fsp3) is 0.735. The summed E-state index contributed by atoms with van der Waals surface area (Å²) in [5, 5.41) is 23.0. The Kier molecular flexibility index (Phi) is 17.3. The lowest BCUT2D eigenvalue weighted by Crippen LogP contribution is -2.58. The third kappa shape index (κ3) is 13.5. The number of aromatic nitrogens is 1. The molecule has 4 amide bonds. The van der Waals surface area contributed by atoms with Crippen molar-refractivity contribution < 1.29 is 24.3 Å². The molecule has 7 N–H and O–H groups in total. The molecule has 1 aromatic heterocycles. The summed E-state index contributed by atoms with van der Waals surface area (Å²) in [6, 6.07) is 2.45. The first-order chi connectivity index (χ1) is 21.0. The van der Waals surface area contributed by atoms with Crippen LogP contribution in [0.25, 0.3) is 0 Å². The summed E-state index contributed by atoms with van der Waals surface area (Å²) in [4.78, 5) is 57.2. The topological polar surface area (TPSA) is 176 Å². The molecule has 45 heavy (non-hydrogen) atoms. The van der Waals surface area contributed by atoms with Gasteiger partial charge in [-0.1, -0.05) is 81.7 Å². The predicted molar refractivity (Wildman–Crippen MR) is 177 cm³/mol. The van der Waals surface area contributed by atoms with Crippen LogP contribution < -0.4 is 27.0 Å². The minimum Gasteiger partial charge on any atom is -0.391 e. The zero-order valence-electron chi connectivity index (χ0n) is 29.1. The normalized spacial score (nSPS) is 16.4. The number of amides is 4. The van der Waals surface area contributed by atoms with Crippen molar-refractivity contribution in [3.8, 4) is 0 Å². The highest BCUT2D eigenvalue weighted by Crippen LogP contribution is 2.23. The monoisotopic (exact) mass is 632 g/mol. The Bertz CT molecular complexity index is 1060. The molecule has 0 aliphatic carbocycles. The quantitative estimate of drug-likeness (QED) is 0.136. The van der Waals surface area contributed by atoms with Gasteiger partial charge in [-0.15, -0.1) is 0 Å². The van der Waals surface area contributed by atoms with Crippen molar-refractivity contribution in [3.05, 3.63) is 30.1 Å². The number of nitrogens with one attached hydrogen (secondary N) is 4. The summed E-state index contributed by atoms with van der Waals surface area (Å²) in [5.74, 6) is -2.52. The van der Waals surface area contributed by atoms with E-state index in [-0.39, 0.29) is 54.4 Å². The van der Waals surface area contributed by atoms with Crippen LogP contribution >= 0.6 is 0 Å². The van der Waals surface area contributed by atoms with Gasteiger partial charge in [-0.25, -0.2) is 0 Å². The second-order valence-corrected chi connectivity index (χ2v) is 13.8. The largest absolute Gasteiger partial charge is 0.391 e. The van der Waals surface area contributed by atoms with E-state index >= 15 is 0 Å². The minimum atomic E-state index is -1.05. The van der Waals surface area contributed by atoms with E-state index in [4.69, 9.17) is 5.73 Å². The average Bonchev–Trinajstić information content (AvgIpc) is 2.98. The Morgan fingerprint density at radius 3 is 1.89 bits per heavy atom. The highest BCUT2D eigenvalue weighted by atomic mass is 16.3. The number of aliphatic hydroxyl groups excluding tert-OH is 1. The highest BCUT2D eigenvalue weighted by molar-refractivity contribution is 5.90. The Hall–Kier alpha value is -3.05. The zero-order chi connectivity index (χ0) is 34.4. The number of nitrogens with two attached hydrogens (primary N) is 1. The fourth-order valence-corrected chi connectivity index (χ4v) is 5.04. The van der Waals surface area contributed by atoms with Gasteiger partial charge in [0.15, 0.2) is 0 Å². The third-order valence-electron chi connectivity index (χ3n) is 8.39. The molecule has 256 valence electrons. The van der Waals surface area contributed by atoms with Gasteiger partial charge in [0.05, 0.1) is 30.4 Å². The molecule has 1 heterocycles. The van der Waals surface area contributed by atoms with E-state index in [2.05, 4.69) is 26.3 Å². The Labute approximate surface area is 270 Å². The van der Waals surface area contributed by atoms with Crippen molar-refractivity contribution in [2.45, 2.75) is 125 Å². The van der Waals surface area contributed by atoms with Crippen molar-refractivity contribution in [2.75, 3.05) is 0 Å². The number of carbonyl (C=O) groups excluding carboxylic acids is 4. The van der Waals surface area contributed by atoms with Crippen LogP contribution in [0.5, 0.6) is 0 Å². The second kappa shape index (κ2) is 19.5. The summed E-state index contributed by atoms with van der Waals surface area (Å²) in [6.07, 6.45) is 1.84. The summed E-state index contributed by atoms with van der Waals surface area (Å²) < 4.78 is 0. The van der Waals surface area contributed by atoms with Crippen LogP contribution in [0.4, 0.5) is 0 Å². The van der Waals surface area contributed by atoms with Gasteiger partial charge in [0, 0.05) is 12.1 Å². The average molecular weight is 633 g/mol. The summed E-state index contributed by atoms with van der Waals surface area (Å²) in [7, 11) is 0. The Balaban J connectivity index is 3.09. The lowest BCUT2D eigenvalue weighted by Gasteiger charge is -2.33. The van der Waals surface area contributed by atoms with Crippen LogP contribution in [0.1, 0.15) is 94.2 Å². The first-order valence-electron chi connectivity index (χ1n) is 16.5. The van der Waals surface area contributed by atoms with Gasteiger partial charge in [-0.05, 0) is 54.6 Å². The van der Waals surface area contributed by atoms with E-state index in [1.165, 1.54) is 0 Å². The molecule has 0 unspecified atom stereocenters. The van der Waals surface area contributed by atoms with Gasteiger partial charge in [0.25, 0.3) is 0 Å². The molecule has 0 bridgehead atoms. The van der Waals surface area contributed by atoms with Crippen molar-refractivity contribution in [1.82, 2.24) is 26.3 Å². The van der Waals surface area contributed by atoms with E-state index in [1.807, 2.05) is 81.4 Å². The predicted octanol–water partition coefficient (Wildman–Crippen LogP) is 2.91. The van der Waals surface area contributed by atoms with Gasteiger partial charge < -0.3 is 32.1 Å².